The van der Waals surface area contributed by atoms with Gasteiger partial charge in [-0.05, 0) is 30.4 Å². The van der Waals surface area contributed by atoms with E-state index in [1.165, 1.54) is 37.7 Å². The summed E-state index contributed by atoms with van der Waals surface area (Å²) >= 11 is 0. The maximum atomic E-state index is 5.97. The first kappa shape index (κ1) is 14.5. The Kier molecular flexibility index (Phi) is 6.31. The van der Waals surface area contributed by atoms with E-state index in [4.69, 9.17) is 4.74 Å². The van der Waals surface area contributed by atoms with Crippen LogP contribution in [0.5, 0.6) is 0 Å². The summed E-state index contributed by atoms with van der Waals surface area (Å²) in [4.78, 5) is 4.10. The maximum absolute atomic E-state index is 5.97. The van der Waals surface area contributed by atoms with Crippen molar-refractivity contribution in [2.45, 2.75) is 51.7 Å². The van der Waals surface area contributed by atoms with Crippen molar-refractivity contribution in [3.63, 3.8) is 0 Å². The Bertz CT molecular complexity index is 342. The van der Waals surface area contributed by atoms with Gasteiger partial charge in [-0.15, -0.1) is 0 Å². The number of aromatic nitrogens is 1. The lowest BCUT2D eigenvalue weighted by molar-refractivity contribution is 0.0142. The van der Waals surface area contributed by atoms with E-state index >= 15 is 0 Å². The van der Waals surface area contributed by atoms with E-state index in [1.54, 1.807) is 6.20 Å². The van der Waals surface area contributed by atoms with Gasteiger partial charge in [-0.2, -0.15) is 0 Å². The molecule has 0 bridgehead atoms. The minimum atomic E-state index is 0.499. The molecule has 1 aromatic heterocycles. The fourth-order valence-electron chi connectivity index (χ4n) is 2.80. The zero-order chi connectivity index (χ0) is 13.3. The van der Waals surface area contributed by atoms with Gasteiger partial charge in [0.2, 0.25) is 0 Å². The molecule has 1 aliphatic carbocycles. The molecule has 1 heterocycles. The molecule has 1 saturated carbocycles. The van der Waals surface area contributed by atoms with Gasteiger partial charge in [0.05, 0.1) is 12.7 Å². The van der Waals surface area contributed by atoms with Crippen molar-refractivity contribution in [1.82, 2.24) is 10.3 Å². The molecule has 1 N–H and O–H groups in total. The van der Waals surface area contributed by atoms with Gasteiger partial charge in [0.1, 0.15) is 0 Å². The minimum Gasteiger partial charge on any atom is -0.377 e. The molecule has 0 radical (unpaired) electrons. The van der Waals surface area contributed by atoms with Crippen LogP contribution in [0.15, 0.2) is 24.5 Å². The lowest BCUT2D eigenvalue weighted by Crippen LogP contribution is -2.27. The lowest BCUT2D eigenvalue weighted by atomic mass is 9.85. The first-order valence-electron chi connectivity index (χ1n) is 7.59. The zero-order valence-corrected chi connectivity index (χ0v) is 12.0. The zero-order valence-electron chi connectivity index (χ0n) is 12.0. The summed E-state index contributed by atoms with van der Waals surface area (Å²) in [6, 6.07) is 4.06. The Morgan fingerprint density at radius 2 is 2.37 bits per heavy atom. The number of nitrogens with zero attached hydrogens (tertiary/aromatic N) is 1. The Morgan fingerprint density at radius 1 is 1.42 bits per heavy atom. The van der Waals surface area contributed by atoms with E-state index in [-0.39, 0.29) is 0 Å². The third kappa shape index (κ3) is 5.29. The van der Waals surface area contributed by atoms with Crippen molar-refractivity contribution in [2.75, 3.05) is 13.2 Å². The third-order valence-corrected chi connectivity index (χ3v) is 4.00. The highest BCUT2D eigenvalue weighted by atomic mass is 16.5. The van der Waals surface area contributed by atoms with Gasteiger partial charge in [0.15, 0.2) is 0 Å². The highest BCUT2D eigenvalue weighted by molar-refractivity contribution is 5.07. The van der Waals surface area contributed by atoms with Crippen LogP contribution in [0.25, 0.3) is 0 Å². The average Bonchev–Trinajstić information content (AvgIpc) is 2.48. The summed E-state index contributed by atoms with van der Waals surface area (Å²) in [6.07, 6.45) is 10.8. The molecular formula is C16H26N2O. The molecule has 2 rings (SSSR count). The third-order valence-electron chi connectivity index (χ3n) is 4.00. The van der Waals surface area contributed by atoms with E-state index in [2.05, 4.69) is 23.3 Å². The van der Waals surface area contributed by atoms with E-state index in [0.717, 1.165) is 25.6 Å². The molecule has 0 spiro atoms. The number of hydrogen-bond acceptors (Lipinski definition) is 3. The molecule has 1 aliphatic rings. The number of rotatable bonds is 7. The van der Waals surface area contributed by atoms with Crippen LogP contribution in [0.3, 0.4) is 0 Å². The minimum absolute atomic E-state index is 0.499. The second kappa shape index (κ2) is 8.28. The summed E-state index contributed by atoms with van der Waals surface area (Å²) in [5.74, 6) is 0.891. The molecule has 0 saturated heterocycles. The lowest BCUT2D eigenvalue weighted by Gasteiger charge is -2.28. The summed E-state index contributed by atoms with van der Waals surface area (Å²) in [5.41, 5.74) is 1.23. The van der Waals surface area contributed by atoms with Crippen LogP contribution in [0.2, 0.25) is 0 Å². The highest BCUT2D eigenvalue weighted by Gasteiger charge is 2.20. The van der Waals surface area contributed by atoms with Crippen molar-refractivity contribution in [1.29, 1.82) is 0 Å². The van der Waals surface area contributed by atoms with Gasteiger partial charge in [0.25, 0.3) is 0 Å². The summed E-state index contributed by atoms with van der Waals surface area (Å²) in [6.45, 7) is 4.91. The Balaban J connectivity index is 1.54. The average molecular weight is 262 g/mol. The van der Waals surface area contributed by atoms with Crippen LogP contribution in [0, 0.1) is 5.92 Å². The standard InChI is InChI=1S/C16H26N2O/c1-2-14-5-3-7-16(11-14)19-10-9-18-13-15-6-4-8-17-12-15/h4,6,8,12,14,16,18H,2-3,5,7,9-11,13H2,1H3. The molecule has 19 heavy (non-hydrogen) atoms. The van der Waals surface area contributed by atoms with Gasteiger partial charge in [-0.1, -0.05) is 32.3 Å². The smallest absolute Gasteiger partial charge is 0.0594 e. The van der Waals surface area contributed by atoms with Gasteiger partial charge in [0, 0.05) is 25.5 Å². The molecule has 0 aliphatic heterocycles. The van der Waals surface area contributed by atoms with Crippen LogP contribution < -0.4 is 5.32 Å². The van der Waals surface area contributed by atoms with E-state index in [1.807, 2.05) is 12.3 Å². The summed E-state index contributed by atoms with van der Waals surface area (Å²) in [7, 11) is 0. The largest absolute Gasteiger partial charge is 0.377 e. The van der Waals surface area contributed by atoms with Crippen LogP contribution in [-0.2, 0) is 11.3 Å². The second-order valence-corrected chi connectivity index (χ2v) is 5.47. The van der Waals surface area contributed by atoms with Crippen molar-refractivity contribution >= 4 is 0 Å². The first-order valence-corrected chi connectivity index (χ1v) is 7.59. The van der Waals surface area contributed by atoms with Crippen molar-refractivity contribution in [2.24, 2.45) is 5.92 Å². The van der Waals surface area contributed by atoms with Gasteiger partial charge < -0.3 is 10.1 Å². The maximum Gasteiger partial charge on any atom is 0.0594 e. The van der Waals surface area contributed by atoms with Crippen LogP contribution >= 0.6 is 0 Å². The Morgan fingerprint density at radius 3 is 3.16 bits per heavy atom. The molecule has 1 aromatic rings. The molecule has 3 nitrogen and oxygen atoms in total. The van der Waals surface area contributed by atoms with Crippen molar-refractivity contribution in [3.8, 4) is 0 Å². The molecule has 1 fully saturated rings. The summed E-state index contributed by atoms with van der Waals surface area (Å²) < 4.78 is 5.97. The van der Waals surface area contributed by atoms with E-state index in [0.29, 0.717) is 6.10 Å². The number of hydrogen-bond donors (Lipinski definition) is 1. The summed E-state index contributed by atoms with van der Waals surface area (Å²) in [5, 5.41) is 3.40. The second-order valence-electron chi connectivity index (χ2n) is 5.47. The van der Waals surface area contributed by atoms with Gasteiger partial charge in [-0.3, -0.25) is 4.98 Å². The quantitative estimate of drug-likeness (QED) is 0.766. The van der Waals surface area contributed by atoms with Crippen LogP contribution in [0.4, 0.5) is 0 Å². The predicted molar refractivity (Wildman–Crippen MR) is 77.9 cm³/mol. The SMILES string of the molecule is CCC1CCCC(OCCNCc2cccnc2)C1. The topological polar surface area (TPSA) is 34.1 Å². The van der Waals surface area contributed by atoms with Crippen molar-refractivity contribution < 1.29 is 4.74 Å². The number of nitrogens with one attached hydrogen (secondary N) is 1. The van der Waals surface area contributed by atoms with E-state index in [9.17, 15) is 0 Å². The monoisotopic (exact) mass is 262 g/mol. The highest BCUT2D eigenvalue weighted by Crippen LogP contribution is 2.28. The van der Waals surface area contributed by atoms with Gasteiger partial charge in [-0.25, -0.2) is 0 Å². The number of pyridine rings is 1. The van der Waals surface area contributed by atoms with Crippen LogP contribution in [-0.4, -0.2) is 24.2 Å². The number of ether oxygens (including phenoxy) is 1. The first-order chi connectivity index (χ1) is 9.38. The Labute approximate surface area is 116 Å². The van der Waals surface area contributed by atoms with Crippen LogP contribution in [0.1, 0.15) is 44.6 Å². The fourth-order valence-corrected chi connectivity index (χ4v) is 2.80. The molecule has 0 amide bonds. The molecule has 106 valence electrons. The molecule has 2 atom stereocenters. The molecule has 2 unspecified atom stereocenters. The fraction of sp³-hybridized carbons (Fsp3) is 0.688. The normalized spacial score (nSPS) is 23.4. The van der Waals surface area contributed by atoms with Gasteiger partial charge >= 0.3 is 0 Å². The molecule has 3 heteroatoms. The Hall–Kier alpha value is -0.930. The molecule has 0 aromatic carbocycles. The predicted octanol–water partition coefficient (Wildman–Crippen LogP) is 3.16. The van der Waals surface area contributed by atoms with Crippen molar-refractivity contribution in [3.05, 3.63) is 30.1 Å². The molecular weight excluding hydrogens is 236 g/mol. The van der Waals surface area contributed by atoms with E-state index < -0.39 is 0 Å².